The lowest BCUT2D eigenvalue weighted by molar-refractivity contribution is -0.123. The average Bonchev–Trinajstić information content (AvgIpc) is 3.17. The van der Waals surface area contributed by atoms with Gasteiger partial charge in [-0.25, -0.2) is 9.59 Å². The van der Waals surface area contributed by atoms with E-state index in [2.05, 4.69) is 26.3 Å². The highest BCUT2D eigenvalue weighted by Gasteiger charge is 2.21. The summed E-state index contributed by atoms with van der Waals surface area (Å²) in [7, 11) is 1.48. The van der Waals surface area contributed by atoms with E-state index in [0.29, 0.717) is 19.3 Å². The number of alkyl carbamates (subject to hydrolysis) is 1. The molecular weight excluding hydrogens is 384 g/mol. The molecule has 11 heteroatoms. The van der Waals surface area contributed by atoms with E-state index in [0.717, 1.165) is 4.88 Å². The van der Waals surface area contributed by atoms with E-state index in [1.54, 1.807) is 11.7 Å². The lowest BCUT2D eigenvalue weighted by Gasteiger charge is -2.22. The fourth-order valence-electron chi connectivity index (χ4n) is 2.35. The van der Waals surface area contributed by atoms with Crippen LogP contribution < -0.4 is 27.0 Å². The van der Waals surface area contributed by atoms with Crippen LogP contribution >= 0.6 is 11.3 Å². The Bertz CT molecular complexity index is 613. The lowest BCUT2D eigenvalue weighted by Crippen LogP contribution is -2.52. The summed E-state index contributed by atoms with van der Waals surface area (Å²) in [5, 5.41) is 10.6. The first-order valence-corrected chi connectivity index (χ1v) is 10.0. The molecule has 0 bridgehead atoms. The van der Waals surface area contributed by atoms with Crippen molar-refractivity contribution in [3.8, 4) is 0 Å². The van der Waals surface area contributed by atoms with E-state index in [4.69, 9.17) is 10.5 Å². The van der Waals surface area contributed by atoms with Gasteiger partial charge in [-0.1, -0.05) is 0 Å². The minimum atomic E-state index is -0.690. The number of aromatic nitrogens is 1. The Hall–Kier alpha value is -2.40. The number of urea groups is 1. The molecule has 4 amide bonds. The first kappa shape index (κ1) is 23.6. The molecule has 1 aromatic rings. The maximum absolute atomic E-state index is 12.3. The van der Waals surface area contributed by atoms with Crippen molar-refractivity contribution in [2.45, 2.75) is 57.8 Å². The number of carbonyl (C=O) groups is 3. The molecule has 0 unspecified atom stereocenters. The number of amides is 4. The molecule has 0 aliphatic heterocycles. The van der Waals surface area contributed by atoms with Crippen LogP contribution in [0.4, 0.5) is 9.59 Å². The molecule has 28 heavy (non-hydrogen) atoms. The Morgan fingerprint density at radius 3 is 2.39 bits per heavy atom. The summed E-state index contributed by atoms with van der Waals surface area (Å²) in [5.74, 6) is -0.286. The van der Waals surface area contributed by atoms with Gasteiger partial charge in [0.15, 0.2) is 0 Å². The molecule has 0 fully saturated rings. The van der Waals surface area contributed by atoms with Gasteiger partial charge in [0.1, 0.15) is 12.6 Å². The number of nitrogens with one attached hydrogen (secondary N) is 4. The van der Waals surface area contributed by atoms with Gasteiger partial charge in [0.25, 0.3) is 0 Å². The van der Waals surface area contributed by atoms with Crippen LogP contribution in [-0.4, -0.2) is 54.7 Å². The zero-order valence-corrected chi connectivity index (χ0v) is 17.3. The molecule has 3 atom stereocenters. The predicted octanol–water partition coefficient (Wildman–Crippen LogP) is 0.689. The highest BCUT2D eigenvalue weighted by Crippen LogP contribution is 2.07. The SMILES string of the molecule is CNC(=O)N[C@@H](CCN)C(=O)N[C@@H](C)CC[C@H](C)NC(=O)OCc1cncs1. The van der Waals surface area contributed by atoms with Crippen molar-refractivity contribution in [2.75, 3.05) is 13.6 Å². The van der Waals surface area contributed by atoms with Gasteiger partial charge in [0, 0.05) is 25.3 Å². The summed E-state index contributed by atoms with van der Waals surface area (Å²) in [6.45, 7) is 4.20. The zero-order chi connectivity index (χ0) is 20.9. The van der Waals surface area contributed by atoms with Gasteiger partial charge in [0.2, 0.25) is 5.91 Å². The van der Waals surface area contributed by atoms with Crippen molar-refractivity contribution >= 4 is 29.4 Å². The molecule has 0 saturated carbocycles. The monoisotopic (exact) mass is 414 g/mol. The molecule has 158 valence electrons. The van der Waals surface area contributed by atoms with Crippen LogP contribution in [0.1, 0.15) is 38.0 Å². The highest BCUT2D eigenvalue weighted by atomic mass is 32.1. The fourth-order valence-corrected chi connectivity index (χ4v) is 2.85. The number of nitrogens with two attached hydrogens (primary N) is 1. The largest absolute Gasteiger partial charge is 0.444 e. The van der Waals surface area contributed by atoms with Crippen molar-refractivity contribution in [2.24, 2.45) is 5.73 Å². The van der Waals surface area contributed by atoms with Gasteiger partial charge in [-0.15, -0.1) is 11.3 Å². The standard InChI is InChI=1S/C17H30N6O4S/c1-11(21-15(24)14(6-7-18)23-16(25)19-3)4-5-12(2)22-17(26)27-9-13-8-20-10-28-13/h8,10-12,14H,4-7,9,18H2,1-3H3,(H,21,24)(H,22,26)(H2,19,23,25)/t11-,12-,14-/m0/s1. The number of hydrogen-bond donors (Lipinski definition) is 5. The van der Waals surface area contributed by atoms with Gasteiger partial charge in [-0.2, -0.15) is 0 Å². The third-order valence-electron chi connectivity index (χ3n) is 3.92. The van der Waals surface area contributed by atoms with E-state index in [9.17, 15) is 14.4 Å². The zero-order valence-electron chi connectivity index (χ0n) is 16.5. The summed E-state index contributed by atoms with van der Waals surface area (Å²) in [5.41, 5.74) is 7.19. The molecule has 0 aromatic carbocycles. The highest BCUT2D eigenvalue weighted by molar-refractivity contribution is 7.09. The maximum Gasteiger partial charge on any atom is 0.407 e. The Balaban J connectivity index is 2.30. The second-order valence-corrected chi connectivity index (χ2v) is 7.40. The van der Waals surface area contributed by atoms with Crippen LogP contribution in [0.2, 0.25) is 0 Å². The number of carbonyl (C=O) groups excluding carboxylic acids is 3. The summed E-state index contributed by atoms with van der Waals surface area (Å²) in [6.07, 6.45) is 2.81. The third-order valence-corrected chi connectivity index (χ3v) is 4.67. The van der Waals surface area contributed by atoms with E-state index < -0.39 is 18.2 Å². The summed E-state index contributed by atoms with van der Waals surface area (Å²) >= 11 is 1.42. The number of nitrogens with zero attached hydrogens (tertiary/aromatic N) is 1. The fraction of sp³-hybridized carbons (Fsp3) is 0.647. The van der Waals surface area contributed by atoms with Gasteiger partial charge in [0.05, 0.1) is 10.4 Å². The van der Waals surface area contributed by atoms with Crippen LogP contribution in [0.5, 0.6) is 0 Å². The molecule has 1 aromatic heterocycles. The minimum absolute atomic E-state index is 0.114. The van der Waals surface area contributed by atoms with E-state index in [1.807, 2.05) is 13.8 Å². The topological polar surface area (TPSA) is 147 Å². The summed E-state index contributed by atoms with van der Waals surface area (Å²) < 4.78 is 5.13. The second-order valence-electron chi connectivity index (χ2n) is 6.43. The molecule has 0 spiro atoms. The van der Waals surface area contributed by atoms with Crippen LogP contribution in [0.15, 0.2) is 11.7 Å². The number of rotatable bonds is 11. The number of hydrogen-bond acceptors (Lipinski definition) is 7. The maximum atomic E-state index is 12.3. The minimum Gasteiger partial charge on any atom is -0.444 e. The van der Waals surface area contributed by atoms with Gasteiger partial charge in [-0.3, -0.25) is 9.78 Å². The Morgan fingerprint density at radius 2 is 1.82 bits per heavy atom. The molecule has 1 heterocycles. The Morgan fingerprint density at radius 1 is 1.14 bits per heavy atom. The molecule has 0 aliphatic carbocycles. The molecular formula is C17H30N6O4S. The van der Waals surface area contributed by atoms with Crippen molar-refractivity contribution in [1.82, 2.24) is 26.3 Å². The average molecular weight is 415 g/mol. The van der Waals surface area contributed by atoms with Crippen molar-refractivity contribution < 1.29 is 19.1 Å². The third kappa shape index (κ3) is 9.51. The first-order chi connectivity index (χ1) is 13.3. The summed E-state index contributed by atoms with van der Waals surface area (Å²) in [6, 6.07) is -1.37. The van der Waals surface area contributed by atoms with Crippen molar-refractivity contribution in [3.05, 3.63) is 16.6 Å². The number of thiazole rings is 1. The molecule has 6 N–H and O–H groups in total. The van der Waals surface area contributed by atoms with Crippen LogP contribution in [0.3, 0.4) is 0 Å². The van der Waals surface area contributed by atoms with E-state index in [-0.39, 0.29) is 31.1 Å². The molecule has 1 rings (SSSR count). The molecule has 0 saturated heterocycles. The smallest absolute Gasteiger partial charge is 0.407 e. The van der Waals surface area contributed by atoms with E-state index >= 15 is 0 Å². The predicted molar refractivity (Wildman–Crippen MR) is 107 cm³/mol. The normalized spacial score (nSPS) is 13.7. The molecule has 10 nitrogen and oxygen atoms in total. The van der Waals surface area contributed by atoms with Crippen molar-refractivity contribution in [1.29, 1.82) is 0 Å². The lowest BCUT2D eigenvalue weighted by atomic mass is 10.1. The summed E-state index contributed by atoms with van der Waals surface area (Å²) in [4.78, 5) is 40.3. The van der Waals surface area contributed by atoms with Crippen molar-refractivity contribution in [3.63, 3.8) is 0 Å². The Kier molecular flexibility index (Phi) is 10.9. The van der Waals surface area contributed by atoms with Gasteiger partial charge >= 0.3 is 12.1 Å². The van der Waals surface area contributed by atoms with Gasteiger partial charge in [-0.05, 0) is 39.7 Å². The second kappa shape index (κ2) is 12.9. The quantitative estimate of drug-likeness (QED) is 0.360. The van der Waals surface area contributed by atoms with Gasteiger partial charge < -0.3 is 31.7 Å². The Labute approximate surface area is 169 Å². The van der Waals surface area contributed by atoms with E-state index in [1.165, 1.54) is 18.4 Å². The van der Waals surface area contributed by atoms with Crippen LogP contribution in [0.25, 0.3) is 0 Å². The number of ether oxygens (including phenoxy) is 1. The first-order valence-electron chi connectivity index (χ1n) is 9.15. The molecule has 0 aliphatic rings. The van der Waals surface area contributed by atoms with Crippen LogP contribution in [-0.2, 0) is 16.1 Å². The molecule has 0 radical (unpaired) electrons. The van der Waals surface area contributed by atoms with Crippen LogP contribution in [0, 0.1) is 0 Å².